The molecule has 0 heterocycles. The Bertz CT molecular complexity index is 580. The fourth-order valence-electron chi connectivity index (χ4n) is 2.48. The highest BCUT2D eigenvalue weighted by molar-refractivity contribution is 5.41. The van der Waals surface area contributed by atoms with Crippen LogP contribution in [0.5, 0.6) is 5.75 Å². The average Bonchev–Trinajstić information content (AvgIpc) is 2.38. The van der Waals surface area contributed by atoms with Crippen molar-refractivity contribution in [1.82, 2.24) is 0 Å². The molecule has 1 N–H and O–H groups in total. The highest BCUT2D eigenvalue weighted by atomic mass is 16.5. The van der Waals surface area contributed by atoms with Crippen LogP contribution in [0.4, 0.5) is 0 Å². The first kappa shape index (κ1) is 14.6. The zero-order valence-corrected chi connectivity index (χ0v) is 12.6. The van der Waals surface area contributed by atoms with E-state index in [2.05, 4.69) is 6.07 Å². The normalized spacial score (nSPS) is 13.8. The van der Waals surface area contributed by atoms with Crippen LogP contribution in [0.3, 0.4) is 0 Å². The van der Waals surface area contributed by atoms with Crippen molar-refractivity contribution in [3.05, 3.63) is 64.7 Å². The van der Waals surface area contributed by atoms with E-state index in [1.54, 1.807) is 0 Å². The van der Waals surface area contributed by atoms with Crippen LogP contribution in [-0.2, 0) is 5.60 Å². The molecular formula is C18H22O2. The maximum Gasteiger partial charge on any atom is 0.119 e. The van der Waals surface area contributed by atoms with Crippen LogP contribution in [-0.4, -0.2) is 11.7 Å². The molecule has 2 aromatic carbocycles. The smallest absolute Gasteiger partial charge is 0.119 e. The van der Waals surface area contributed by atoms with Gasteiger partial charge in [-0.3, -0.25) is 0 Å². The number of hydrogen-bond acceptors (Lipinski definition) is 2. The van der Waals surface area contributed by atoms with E-state index in [-0.39, 0.29) is 0 Å². The van der Waals surface area contributed by atoms with Crippen LogP contribution >= 0.6 is 0 Å². The van der Waals surface area contributed by atoms with E-state index in [1.165, 1.54) is 0 Å². The third kappa shape index (κ3) is 3.02. The minimum Gasteiger partial charge on any atom is -0.494 e. The molecule has 0 aliphatic rings. The largest absolute Gasteiger partial charge is 0.494 e. The van der Waals surface area contributed by atoms with Gasteiger partial charge in [-0.2, -0.15) is 0 Å². The molecule has 0 spiro atoms. The van der Waals surface area contributed by atoms with E-state index in [0.29, 0.717) is 6.61 Å². The Morgan fingerprint density at radius 2 is 1.65 bits per heavy atom. The summed E-state index contributed by atoms with van der Waals surface area (Å²) in [6.07, 6.45) is 0. The Morgan fingerprint density at radius 1 is 1.00 bits per heavy atom. The molecule has 2 nitrogen and oxygen atoms in total. The maximum absolute atomic E-state index is 10.9. The third-order valence-electron chi connectivity index (χ3n) is 3.49. The topological polar surface area (TPSA) is 29.5 Å². The highest BCUT2D eigenvalue weighted by Gasteiger charge is 2.26. The van der Waals surface area contributed by atoms with Crippen molar-refractivity contribution >= 4 is 0 Å². The summed E-state index contributed by atoms with van der Waals surface area (Å²) >= 11 is 0. The van der Waals surface area contributed by atoms with E-state index in [9.17, 15) is 5.11 Å². The van der Waals surface area contributed by atoms with Gasteiger partial charge in [0.15, 0.2) is 0 Å². The summed E-state index contributed by atoms with van der Waals surface area (Å²) < 4.78 is 5.51. The molecule has 0 saturated carbocycles. The number of hydrogen-bond donors (Lipinski definition) is 1. The van der Waals surface area contributed by atoms with E-state index in [0.717, 1.165) is 28.0 Å². The number of benzene rings is 2. The van der Waals surface area contributed by atoms with Crippen LogP contribution < -0.4 is 4.74 Å². The molecule has 0 fully saturated rings. The second kappa shape index (κ2) is 5.68. The van der Waals surface area contributed by atoms with Crippen molar-refractivity contribution in [3.8, 4) is 5.75 Å². The lowest BCUT2D eigenvalue weighted by Gasteiger charge is -2.26. The maximum atomic E-state index is 10.9. The highest BCUT2D eigenvalue weighted by Crippen LogP contribution is 2.32. The van der Waals surface area contributed by atoms with Crippen molar-refractivity contribution in [3.63, 3.8) is 0 Å². The quantitative estimate of drug-likeness (QED) is 0.911. The second-order valence-electron chi connectivity index (χ2n) is 5.41. The molecule has 0 aliphatic heterocycles. The van der Waals surface area contributed by atoms with Gasteiger partial charge in [0, 0.05) is 0 Å². The average molecular weight is 270 g/mol. The van der Waals surface area contributed by atoms with E-state index in [1.807, 2.05) is 64.1 Å². The van der Waals surface area contributed by atoms with Crippen molar-refractivity contribution in [2.45, 2.75) is 33.3 Å². The minimum absolute atomic E-state index is 0.620. The van der Waals surface area contributed by atoms with Crippen LogP contribution in [0.15, 0.2) is 42.5 Å². The van der Waals surface area contributed by atoms with Gasteiger partial charge in [0.05, 0.1) is 6.61 Å². The van der Waals surface area contributed by atoms with Crippen LogP contribution in [0.2, 0.25) is 0 Å². The summed E-state index contributed by atoms with van der Waals surface area (Å²) in [5, 5.41) is 10.9. The Hall–Kier alpha value is -1.80. The van der Waals surface area contributed by atoms with E-state index >= 15 is 0 Å². The summed E-state index contributed by atoms with van der Waals surface area (Å²) in [6, 6.07) is 13.8. The van der Waals surface area contributed by atoms with E-state index < -0.39 is 5.60 Å². The fourth-order valence-corrected chi connectivity index (χ4v) is 2.48. The van der Waals surface area contributed by atoms with Gasteiger partial charge >= 0.3 is 0 Å². The first-order valence-corrected chi connectivity index (χ1v) is 6.98. The zero-order valence-electron chi connectivity index (χ0n) is 12.6. The predicted octanol–water partition coefficient (Wildman–Crippen LogP) is 3.96. The van der Waals surface area contributed by atoms with Crippen molar-refractivity contribution < 1.29 is 9.84 Å². The summed E-state index contributed by atoms with van der Waals surface area (Å²) in [6.45, 7) is 8.49. The SMILES string of the molecule is CCOc1cccc(C(C)(O)c2cc(C)cc(C)c2)c1. The van der Waals surface area contributed by atoms with Gasteiger partial charge in [-0.05, 0) is 51.0 Å². The molecule has 1 atom stereocenters. The molecule has 0 bridgehead atoms. The summed E-state index contributed by atoms with van der Waals surface area (Å²) in [5.74, 6) is 0.787. The molecule has 20 heavy (non-hydrogen) atoms. The number of ether oxygens (including phenoxy) is 1. The van der Waals surface area contributed by atoms with Crippen molar-refractivity contribution in [2.24, 2.45) is 0 Å². The second-order valence-corrected chi connectivity index (χ2v) is 5.41. The summed E-state index contributed by atoms with van der Waals surface area (Å²) in [7, 11) is 0. The zero-order chi connectivity index (χ0) is 14.8. The van der Waals surface area contributed by atoms with Crippen molar-refractivity contribution in [1.29, 1.82) is 0 Å². The molecule has 1 unspecified atom stereocenters. The fraction of sp³-hybridized carbons (Fsp3) is 0.333. The van der Waals surface area contributed by atoms with E-state index in [4.69, 9.17) is 4.74 Å². The third-order valence-corrected chi connectivity index (χ3v) is 3.49. The first-order valence-electron chi connectivity index (χ1n) is 6.98. The molecule has 0 aliphatic carbocycles. The van der Waals surface area contributed by atoms with Gasteiger partial charge < -0.3 is 9.84 Å². The molecule has 2 rings (SSSR count). The number of rotatable bonds is 4. The van der Waals surface area contributed by atoms with Gasteiger partial charge in [0.1, 0.15) is 11.4 Å². The molecule has 2 heteroatoms. The van der Waals surface area contributed by atoms with Crippen LogP contribution in [0.1, 0.15) is 36.1 Å². The molecule has 0 saturated heterocycles. The van der Waals surface area contributed by atoms with Crippen LogP contribution in [0, 0.1) is 13.8 Å². The van der Waals surface area contributed by atoms with Gasteiger partial charge in [-0.15, -0.1) is 0 Å². The lowest BCUT2D eigenvalue weighted by atomic mass is 9.86. The Labute approximate surface area is 121 Å². The molecule has 0 amide bonds. The minimum atomic E-state index is -1.02. The molecule has 106 valence electrons. The lowest BCUT2D eigenvalue weighted by molar-refractivity contribution is 0.102. The monoisotopic (exact) mass is 270 g/mol. The standard InChI is InChI=1S/C18H22O2/c1-5-20-17-8-6-7-15(12-17)18(4,19)16-10-13(2)9-14(3)11-16/h6-12,19H,5H2,1-4H3. The van der Waals surface area contributed by atoms with Gasteiger partial charge in [0.2, 0.25) is 0 Å². The lowest BCUT2D eigenvalue weighted by Crippen LogP contribution is -2.23. The van der Waals surface area contributed by atoms with Gasteiger partial charge in [0.25, 0.3) is 0 Å². The van der Waals surface area contributed by atoms with Gasteiger partial charge in [-0.1, -0.05) is 41.5 Å². The Morgan fingerprint density at radius 3 is 2.25 bits per heavy atom. The van der Waals surface area contributed by atoms with Gasteiger partial charge in [-0.25, -0.2) is 0 Å². The number of aryl methyl sites for hydroxylation is 2. The molecule has 0 radical (unpaired) electrons. The van der Waals surface area contributed by atoms with Crippen molar-refractivity contribution in [2.75, 3.05) is 6.61 Å². The number of aliphatic hydroxyl groups is 1. The first-order chi connectivity index (χ1) is 9.43. The van der Waals surface area contributed by atoms with Crippen LogP contribution in [0.25, 0.3) is 0 Å². The summed E-state index contributed by atoms with van der Waals surface area (Å²) in [4.78, 5) is 0. The summed E-state index contributed by atoms with van der Waals surface area (Å²) in [5.41, 5.74) is 3.03. The molecule has 2 aromatic rings. The Kier molecular flexibility index (Phi) is 4.15. The molecular weight excluding hydrogens is 248 g/mol. The predicted molar refractivity (Wildman–Crippen MR) is 82.2 cm³/mol. The Balaban J connectivity index is 2.45. The molecule has 0 aromatic heterocycles.